The average molecular weight is 348 g/mol. The molecular formula is C15H16N4O6. The number of hydrogen-bond acceptors (Lipinski definition) is 6. The molecular weight excluding hydrogens is 332 g/mol. The van der Waals surface area contributed by atoms with Crippen molar-refractivity contribution in [1.82, 2.24) is 4.98 Å². The van der Waals surface area contributed by atoms with Crippen LogP contribution in [0.5, 0.6) is 0 Å². The molecule has 10 nitrogen and oxygen atoms in total. The summed E-state index contributed by atoms with van der Waals surface area (Å²) in [6.45, 7) is 0. The van der Waals surface area contributed by atoms with Crippen LogP contribution in [-0.4, -0.2) is 50.9 Å². The highest BCUT2D eigenvalue weighted by Gasteiger charge is 2.24. The SMILES string of the molecule is N[C@@H](Cc1c[n+](C=CC2=CC(C(=O)O)=N[C@H](C(=O)O)C2)c[nH]1)C(=O)[O-]. The Hall–Kier alpha value is -3.27. The zero-order chi connectivity index (χ0) is 18.6. The second-order valence-electron chi connectivity index (χ2n) is 5.42. The van der Waals surface area contributed by atoms with Crippen molar-refractivity contribution in [3.8, 4) is 0 Å². The van der Waals surface area contributed by atoms with Gasteiger partial charge in [0.25, 0.3) is 0 Å². The molecule has 0 unspecified atom stereocenters. The lowest BCUT2D eigenvalue weighted by atomic mass is 10.0. The molecule has 0 bridgehead atoms. The van der Waals surface area contributed by atoms with Gasteiger partial charge in [-0.1, -0.05) is 0 Å². The van der Waals surface area contributed by atoms with Gasteiger partial charge >= 0.3 is 11.9 Å². The van der Waals surface area contributed by atoms with Gasteiger partial charge in [0.05, 0.1) is 18.2 Å². The second-order valence-corrected chi connectivity index (χ2v) is 5.42. The zero-order valence-electron chi connectivity index (χ0n) is 13.0. The Morgan fingerprint density at radius 2 is 2.20 bits per heavy atom. The van der Waals surface area contributed by atoms with Crippen molar-refractivity contribution in [2.45, 2.75) is 24.9 Å². The first-order valence-electron chi connectivity index (χ1n) is 7.23. The second kappa shape index (κ2) is 7.53. The molecule has 2 heterocycles. The van der Waals surface area contributed by atoms with E-state index in [-0.39, 0.29) is 18.6 Å². The smallest absolute Gasteiger partial charge is 0.354 e. The number of carbonyl (C=O) groups excluding carboxylic acids is 1. The number of H-pyrrole nitrogens is 1. The molecule has 132 valence electrons. The fraction of sp³-hybridized carbons (Fsp3) is 0.267. The van der Waals surface area contributed by atoms with Gasteiger partial charge < -0.3 is 25.8 Å². The number of dihydropyridines is 1. The third kappa shape index (κ3) is 4.85. The molecule has 0 spiro atoms. The van der Waals surface area contributed by atoms with Crippen LogP contribution in [0.4, 0.5) is 0 Å². The first-order chi connectivity index (χ1) is 11.8. The number of hydrogen-bond donors (Lipinski definition) is 4. The normalized spacial score (nSPS) is 18.5. The van der Waals surface area contributed by atoms with E-state index in [9.17, 15) is 19.5 Å². The molecule has 10 heteroatoms. The zero-order valence-corrected chi connectivity index (χ0v) is 13.0. The van der Waals surface area contributed by atoms with Crippen molar-refractivity contribution in [3.63, 3.8) is 0 Å². The number of allylic oxidation sites excluding steroid dienone is 1. The minimum atomic E-state index is -1.36. The van der Waals surface area contributed by atoms with E-state index >= 15 is 0 Å². The first kappa shape index (κ1) is 18.1. The Kier molecular flexibility index (Phi) is 5.45. The van der Waals surface area contributed by atoms with Crippen LogP contribution < -0.4 is 15.4 Å². The quantitative estimate of drug-likeness (QED) is 0.401. The molecule has 1 aliphatic rings. The summed E-state index contributed by atoms with van der Waals surface area (Å²) >= 11 is 0. The number of nitrogens with zero attached hydrogens (tertiary/aromatic N) is 2. The van der Waals surface area contributed by atoms with E-state index in [2.05, 4.69) is 9.98 Å². The molecule has 0 aromatic carbocycles. The van der Waals surface area contributed by atoms with Crippen LogP contribution in [0.2, 0.25) is 0 Å². The molecule has 1 aliphatic heterocycles. The molecule has 25 heavy (non-hydrogen) atoms. The van der Waals surface area contributed by atoms with Crippen LogP contribution in [0.1, 0.15) is 12.1 Å². The summed E-state index contributed by atoms with van der Waals surface area (Å²) in [6.07, 6.45) is 7.70. The molecule has 0 radical (unpaired) electrons. The third-order valence-corrected chi connectivity index (χ3v) is 3.46. The predicted molar refractivity (Wildman–Crippen MR) is 82.2 cm³/mol. The number of carboxylic acid groups (broad SMARTS) is 3. The van der Waals surface area contributed by atoms with Gasteiger partial charge in [-0.05, 0) is 17.7 Å². The fourth-order valence-corrected chi connectivity index (χ4v) is 2.20. The summed E-state index contributed by atoms with van der Waals surface area (Å²) in [4.78, 5) is 39.2. The van der Waals surface area contributed by atoms with E-state index in [4.69, 9.17) is 15.9 Å². The highest BCUT2D eigenvalue weighted by molar-refractivity contribution is 6.41. The number of carbonyl (C=O) groups is 3. The number of rotatable bonds is 7. The minimum absolute atomic E-state index is 0.0583. The Morgan fingerprint density at radius 3 is 2.80 bits per heavy atom. The monoisotopic (exact) mass is 348 g/mol. The Labute approximate surface area is 141 Å². The van der Waals surface area contributed by atoms with Crippen molar-refractivity contribution < 1.29 is 34.3 Å². The molecule has 0 fully saturated rings. The molecule has 0 saturated carbocycles. The lowest BCUT2D eigenvalue weighted by Crippen LogP contribution is -2.43. The number of nitrogens with two attached hydrogens (primary N) is 1. The summed E-state index contributed by atoms with van der Waals surface area (Å²) in [7, 11) is 0. The van der Waals surface area contributed by atoms with Crippen LogP contribution in [0.25, 0.3) is 6.20 Å². The molecule has 1 aromatic rings. The minimum Gasteiger partial charge on any atom is -0.548 e. The number of aliphatic carboxylic acids is 3. The van der Waals surface area contributed by atoms with E-state index in [0.29, 0.717) is 11.3 Å². The number of imidazole rings is 1. The maximum Gasteiger partial charge on any atom is 0.354 e. The maximum absolute atomic E-state index is 11.1. The van der Waals surface area contributed by atoms with Crippen molar-refractivity contribution in [2.24, 2.45) is 10.7 Å². The highest BCUT2D eigenvalue weighted by Crippen LogP contribution is 2.16. The number of aromatic nitrogens is 2. The van der Waals surface area contributed by atoms with Gasteiger partial charge in [0, 0.05) is 12.8 Å². The van der Waals surface area contributed by atoms with Gasteiger partial charge in [-0.2, -0.15) is 0 Å². The molecule has 0 saturated heterocycles. The van der Waals surface area contributed by atoms with E-state index in [1.807, 2.05) is 0 Å². The van der Waals surface area contributed by atoms with Crippen molar-refractivity contribution in [3.05, 3.63) is 35.9 Å². The van der Waals surface area contributed by atoms with Crippen molar-refractivity contribution in [1.29, 1.82) is 0 Å². The lowest BCUT2D eigenvalue weighted by Gasteiger charge is -2.14. The predicted octanol–water partition coefficient (Wildman–Crippen LogP) is -2.30. The summed E-state index contributed by atoms with van der Waals surface area (Å²) in [5.41, 5.74) is 6.12. The summed E-state index contributed by atoms with van der Waals surface area (Å²) < 4.78 is 1.57. The number of aromatic amines is 1. The number of aliphatic imine (C=N–C) groups is 1. The van der Waals surface area contributed by atoms with E-state index < -0.39 is 30.0 Å². The van der Waals surface area contributed by atoms with Gasteiger partial charge in [0.15, 0.2) is 6.04 Å². The lowest BCUT2D eigenvalue weighted by molar-refractivity contribution is -0.566. The number of carboxylic acids is 3. The van der Waals surface area contributed by atoms with Crippen molar-refractivity contribution >= 4 is 29.8 Å². The Bertz CT molecular complexity index is 792. The molecule has 5 N–H and O–H groups in total. The van der Waals surface area contributed by atoms with E-state index in [0.717, 1.165) is 0 Å². The van der Waals surface area contributed by atoms with Gasteiger partial charge in [-0.25, -0.2) is 19.1 Å². The molecule has 2 atom stereocenters. The Morgan fingerprint density at radius 1 is 1.48 bits per heavy atom. The van der Waals surface area contributed by atoms with Gasteiger partial charge in [-0.3, -0.25) is 4.99 Å². The largest absolute Gasteiger partial charge is 0.548 e. The van der Waals surface area contributed by atoms with Gasteiger partial charge in [0.2, 0.25) is 6.33 Å². The molecule has 1 aromatic heterocycles. The summed E-state index contributed by atoms with van der Waals surface area (Å²) in [5.74, 6) is -3.86. The standard InChI is InChI=1S/C15H16N4O6/c16-10(13(20)21)5-9-6-19(7-17-9)2-1-8-3-11(14(22)23)18-12(4-8)15(24)25/h1-3,6-7,10,12H,4-5,16H2,(H3,20,21,22,23,24,25)/t10-,12-/m0/s1. The van der Waals surface area contributed by atoms with Crippen LogP contribution in [0.15, 0.2) is 35.2 Å². The number of nitrogens with one attached hydrogen (secondary N) is 1. The van der Waals surface area contributed by atoms with Crippen molar-refractivity contribution in [2.75, 3.05) is 0 Å². The third-order valence-electron chi connectivity index (χ3n) is 3.46. The van der Waals surface area contributed by atoms with Gasteiger partial charge in [0.1, 0.15) is 17.6 Å². The van der Waals surface area contributed by atoms with Crippen LogP contribution >= 0.6 is 0 Å². The van der Waals surface area contributed by atoms with E-state index in [1.54, 1.807) is 23.0 Å². The average Bonchev–Trinajstić information content (AvgIpc) is 2.99. The molecule has 0 amide bonds. The van der Waals surface area contributed by atoms with Crippen LogP contribution in [0.3, 0.4) is 0 Å². The van der Waals surface area contributed by atoms with Gasteiger partial charge in [-0.15, -0.1) is 0 Å². The first-order valence-corrected chi connectivity index (χ1v) is 7.23. The molecule has 2 rings (SSSR count). The fourth-order valence-electron chi connectivity index (χ4n) is 2.20. The maximum atomic E-state index is 11.1. The topological polar surface area (TPSA) is 173 Å². The van der Waals surface area contributed by atoms with E-state index in [1.165, 1.54) is 12.4 Å². The van der Waals surface area contributed by atoms with Crippen LogP contribution in [0, 0.1) is 0 Å². The highest BCUT2D eigenvalue weighted by atomic mass is 16.4. The molecule has 0 aliphatic carbocycles. The summed E-state index contributed by atoms with van der Waals surface area (Å²) in [5, 5.41) is 28.7. The van der Waals surface area contributed by atoms with Crippen LogP contribution in [-0.2, 0) is 20.8 Å². The Balaban J connectivity index is 2.12. The summed E-state index contributed by atoms with van der Waals surface area (Å²) in [6, 6.07) is -2.29.